The Hall–Kier alpha value is -2.74. The number of amides is 2. The Labute approximate surface area is 146 Å². The molecular weight excluding hydrogens is 320 g/mol. The maximum absolute atomic E-state index is 12.5. The summed E-state index contributed by atoms with van der Waals surface area (Å²) in [5.41, 5.74) is 1.81. The van der Waals surface area contributed by atoms with Gasteiger partial charge in [-0.1, -0.05) is 6.07 Å². The standard InChI is InChI=1S/C17H22N6O2/c1-12-4-5-15(19-10-12)21-17(24)23-8-9-25-14(11-23)13-6-7-18-16(20-13)22(2)3/h4-7,10,14H,8-9,11H2,1-3H3,(H,19,21,24)/t14-/m1/s1. The van der Waals surface area contributed by atoms with Gasteiger partial charge in [0.1, 0.15) is 11.9 Å². The number of aromatic nitrogens is 3. The van der Waals surface area contributed by atoms with E-state index in [0.29, 0.717) is 31.5 Å². The first kappa shape index (κ1) is 17.1. The Morgan fingerprint density at radius 3 is 2.88 bits per heavy atom. The van der Waals surface area contributed by atoms with Crippen LogP contribution in [0.5, 0.6) is 0 Å². The summed E-state index contributed by atoms with van der Waals surface area (Å²) in [5.74, 6) is 1.15. The fraction of sp³-hybridized carbons (Fsp3) is 0.412. The molecule has 0 spiro atoms. The number of pyridine rings is 1. The van der Waals surface area contributed by atoms with Crippen LogP contribution in [0.1, 0.15) is 17.4 Å². The Balaban J connectivity index is 1.67. The van der Waals surface area contributed by atoms with Crippen LogP contribution in [0.25, 0.3) is 0 Å². The lowest BCUT2D eigenvalue weighted by atomic mass is 10.2. The van der Waals surface area contributed by atoms with Crippen molar-refractivity contribution in [2.45, 2.75) is 13.0 Å². The third kappa shape index (κ3) is 4.21. The number of aryl methyl sites for hydroxylation is 1. The molecule has 1 aliphatic rings. The second kappa shape index (κ2) is 7.43. The van der Waals surface area contributed by atoms with Crippen LogP contribution in [0.15, 0.2) is 30.6 Å². The number of nitrogens with zero attached hydrogens (tertiary/aromatic N) is 5. The molecule has 2 aromatic rings. The molecule has 0 saturated carbocycles. The Morgan fingerprint density at radius 1 is 1.32 bits per heavy atom. The van der Waals surface area contributed by atoms with E-state index in [0.717, 1.165) is 11.3 Å². The molecule has 25 heavy (non-hydrogen) atoms. The minimum atomic E-state index is -0.271. The first-order valence-electron chi connectivity index (χ1n) is 8.13. The topological polar surface area (TPSA) is 83.5 Å². The highest BCUT2D eigenvalue weighted by molar-refractivity contribution is 5.88. The molecule has 0 unspecified atom stereocenters. The highest BCUT2D eigenvalue weighted by Crippen LogP contribution is 2.22. The van der Waals surface area contributed by atoms with E-state index >= 15 is 0 Å². The smallest absolute Gasteiger partial charge is 0.323 e. The van der Waals surface area contributed by atoms with Gasteiger partial charge >= 0.3 is 6.03 Å². The number of carbonyl (C=O) groups excluding carboxylic acids is 1. The van der Waals surface area contributed by atoms with Gasteiger partial charge in [-0.05, 0) is 24.6 Å². The number of carbonyl (C=O) groups is 1. The molecule has 2 amide bonds. The van der Waals surface area contributed by atoms with Crippen molar-refractivity contribution in [3.8, 4) is 0 Å². The number of rotatable bonds is 3. The highest BCUT2D eigenvalue weighted by Gasteiger charge is 2.27. The summed E-state index contributed by atoms with van der Waals surface area (Å²) in [6, 6.07) is 5.33. The number of hydrogen-bond donors (Lipinski definition) is 1. The normalized spacial score (nSPS) is 17.2. The van der Waals surface area contributed by atoms with E-state index < -0.39 is 0 Å². The molecule has 3 rings (SSSR count). The van der Waals surface area contributed by atoms with Crippen molar-refractivity contribution in [2.75, 3.05) is 44.0 Å². The quantitative estimate of drug-likeness (QED) is 0.916. The lowest BCUT2D eigenvalue weighted by Gasteiger charge is -2.32. The number of hydrogen-bond acceptors (Lipinski definition) is 6. The number of ether oxygens (including phenoxy) is 1. The maximum Gasteiger partial charge on any atom is 0.323 e. The highest BCUT2D eigenvalue weighted by atomic mass is 16.5. The zero-order chi connectivity index (χ0) is 17.8. The third-order valence-electron chi connectivity index (χ3n) is 3.89. The van der Waals surface area contributed by atoms with Crippen LogP contribution >= 0.6 is 0 Å². The fourth-order valence-corrected chi connectivity index (χ4v) is 2.50. The van der Waals surface area contributed by atoms with Gasteiger partial charge in [-0.15, -0.1) is 0 Å². The number of urea groups is 1. The van der Waals surface area contributed by atoms with Gasteiger partial charge in [0.05, 0.1) is 18.8 Å². The predicted octanol–water partition coefficient (Wildman–Crippen LogP) is 1.85. The summed E-state index contributed by atoms with van der Waals surface area (Å²) in [4.78, 5) is 28.9. The van der Waals surface area contributed by atoms with Crippen LogP contribution in [0, 0.1) is 6.92 Å². The summed E-state index contributed by atoms with van der Waals surface area (Å²) in [6.45, 7) is 3.37. The van der Waals surface area contributed by atoms with Gasteiger partial charge in [0, 0.05) is 33.0 Å². The van der Waals surface area contributed by atoms with Crippen molar-refractivity contribution < 1.29 is 9.53 Å². The molecule has 1 fully saturated rings. The van der Waals surface area contributed by atoms with E-state index in [9.17, 15) is 4.79 Å². The average molecular weight is 342 g/mol. The van der Waals surface area contributed by atoms with E-state index in [1.165, 1.54) is 0 Å². The molecule has 3 heterocycles. The summed E-state index contributed by atoms with van der Waals surface area (Å²) < 4.78 is 5.80. The maximum atomic E-state index is 12.5. The summed E-state index contributed by atoms with van der Waals surface area (Å²) in [7, 11) is 3.77. The van der Waals surface area contributed by atoms with Gasteiger partial charge in [-0.2, -0.15) is 0 Å². The third-order valence-corrected chi connectivity index (χ3v) is 3.89. The van der Waals surface area contributed by atoms with Crippen LogP contribution in [0.4, 0.5) is 16.6 Å². The van der Waals surface area contributed by atoms with E-state index in [4.69, 9.17) is 4.74 Å². The fourth-order valence-electron chi connectivity index (χ4n) is 2.50. The predicted molar refractivity (Wildman–Crippen MR) is 94.6 cm³/mol. The molecule has 1 aliphatic heterocycles. The van der Waals surface area contributed by atoms with Crippen molar-refractivity contribution in [2.24, 2.45) is 0 Å². The number of anilines is 2. The molecule has 8 heteroatoms. The van der Waals surface area contributed by atoms with Gasteiger partial charge in [0.15, 0.2) is 0 Å². The molecule has 8 nitrogen and oxygen atoms in total. The first-order valence-corrected chi connectivity index (χ1v) is 8.13. The largest absolute Gasteiger partial charge is 0.368 e. The molecule has 0 aromatic carbocycles. The van der Waals surface area contributed by atoms with Gasteiger partial charge in [-0.3, -0.25) is 5.32 Å². The van der Waals surface area contributed by atoms with E-state index in [2.05, 4.69) is 20.3 Å². The monoisotopic (exact) mass is 342 g/mol. The molecule has 132 valence electrons. The Bertz CT molecular complexity index is 734. The second-order valence-corrected chi connectivity index (χ2v) is 6.13. The minimum Gasteiger partial charge on any atom is -0.368 e. The molecule has 1 N–H and O–H groups in total. The molecule has 1 saturated heterocycles. The average Bonchev–Trinajstić information content (AvgIpc) is 2.64. The molecule has 0 radical (unpaired) electrons. The summed E-state index contributed by atoms with van der Waals surface area (Å²) in [6.07, 6.45) is 3.16. The zero-order valence-electron chi connectivity index (χ0n) is 14.6. The van der Waals surface area contributed by atoms with Gasteiger partial charge in [0.2, 0.25) is 5.95 Å². The Morgan fingerprint density at radius 2 is 2.16 bits per heavy atom. The van der Waals surface area contributed by atoms with Crippen LogP contribution in [-0.4, -0.2) is 59.7 Å². The van der Waals surface area contributed by atoms with Gasteiger partial charge < -0.3 is 14.5 Å². The first-order chi connectivity index (χ1) is 12.0. The minimum absolute atomic E-state index is 0.188. The number of morpholine rings is 1. The Kier molecular flexibility index (Phi) is 5.08. The SMILES string of the molecule is Cc1ccc(NC(=O)N2CCO[C@@H](c3ccnc(N(C)C)n3)C2)nc1. The van der Waals surface area contributed by atoms with Crippen LogP contribution in [-0.2, 0) is 4.74 Å². The molecule has 1 atom stereocenters. The number of nitrogens with one attached hydrogen (secondary N) is 1. The van der Waals surface area contributed by atoms with Crippen molar-refractivity contribution in [1.82, 2.24) is 19.9 Å². The van der Waals surface area contributed by atoms with Crippen LogP contribution < -0.4 is 10.2 Å². The van der Waals surface area contributed by atoms with Crippen molar-refractivity contribution in [3.63, 3.8) is 0 Å². The van der Waals surface area contributed by atoms with Crippen LogP contribution in [0.2, 0.25) is 0 Å². The molecule has 2 aromatic heterocycles. The summed E-state index contributed by atoms with van der Waals surface area (Å²) >= 11 is 0. The van der Waals surface area contributed by atoms with Crippen molar-refractivity contribution >= 4 is 17.8 Å². The zero-order valence-corrected chi connectivity index (χ0v) is 14.6. The lowest BCUT2D eigenvalue weighted by Crippen LogP contribution is -2.44. The second-order valence-electron chi connectivity index (χ2n) is 6.13. The van der Waals surface area contributed by atoms with Crippen molar-refractivity contribution in [3.05, 3.63) is 41.9 Å². The summed E-state index contributed by atoms with van der Waals surface area (Å²) in [5, 5.41) is 2.82. The van der Waals surface area contributed by atoms with Crippen molar-refractivity contribution in [1.29, 1.82) is 0 Å². The van der Waals surface area contributed by atoms with Gasteiger partial charge in [-0.25, -0.2) is 19.7 Å². The molecular formula is C17H22N6O2. The van der Waals surface area contributed by atoms with Gasteiger partial charge in [0.25, 0.3) is 0 Å². The molecule has 0 aliphatic carbocycles. The van der Waals surface area contributed by atoms with E-state index in [1.807, 2.05) is 38.1 Å². The van der Waals surface area contributed by atoms with E-state index in [1.54, 1.807) is 23.4 Å². The lowest BCUT2D eigenvalue weighted by molar-refractivity contribution is -0.0157. The van der Waals surface area contributed by atoms with E-state index in [-0.39, 0.29) is 12.1 Å². The molecule has 0 bridgehead atoms. The van der Waals surface area contributed by atoms with Crippen LogP contribution in [0.3, 0.4) is 0 Å².